The van der Waals surface area contributed by atoms with Gasteiger partial charge in [0, 0.05) is 33.9 Å². The van der Waals surface area contributed by atoms with E-state index in [1.54, 1.807) is 36.5 Å². The number of aromatic nitrogens is 1. The molecule has 0 saturated carbocycles. The van der Waals surface area contributed by atoms with Crippen LogP contribution in [0, 0.1) is 11.7 Å². The maximum absolute atomic E-state index is 14.2. The van der Waals surface area contributed by atoms with E-state index in [4.69, 9.17) is 4.74 Å². The first kappa shape index (κ1) is 23.4. The van der Waals surface area contributed by atoms with Gasteiger partial charge in [-0.05, 0) is 42.3 Å². The van der Waals surface area contributed by atoms with E-state index in [1.807, 2.05) is 38.1 Å². The molecule has 1 unspecified atom stereocenters. The topological polar surface area (TPSA) is 82.6 Å². The average Bonchev–Trinajstić information content (AvgIpc) is 3.41. The SMILES string of the molecule is CC(C)COc1cccc(/C(O)=C2\C(=O)C(=O)N(c3cccc(F)c3)C2c2c[nH]c3ccccc23)c1. The Balaban J connectivity index is 1.70. The number of Topliss-reactive ketones (excluding diaryl/α,β-unsaturated/α-hetero) is 1. The van der Waals surface area contributed by atoms with Crippen molar-refractivity contribution in [1.29, 1.82) is 0 Å². The lowest BCUT2D eigenvalue weighted by Gasteiger charge is -2.25. The fraction of sp³-hybridized carbons (Fsp3) is 0.172. The van der Waals surface area contributed by atoms with Crippen LogP contribution < -0.4 is 9.64 Å². The number of hydrogen-bond acceptors (Lipinski definition) is 4. The van der Waals surface area contributed by atoms with Crippen LogP contribution in [0.25, 0.3) is 16.7 Å². The molecule has 1 aliphatic rings. The van der Waals surface area contributed by atoms with E-state index in [1.165, 1.54) is 23.1 Å². The molecular formula is C29H25FN2O4. The maximum Gasteiger partial charge on any atom is 0.300 e. The zero-order valence-electron chi connectivity index (χ0n) is 19.9. The molecule has 3 aromatic carbocycles. The van der Waals surface area contributed by atoms with Gasteiger partial charge in [-0.25, -0.2) is 4.39 Å². The first-order valence-corrected chi connectivity index (χ1v) is 11.7. The summed E-state index contributed by atoms with van der Waals surface area (Å²) >= 11 is 0. The molecule has 6 nitrogen and oxygen atoms in total. The number of amides is 1. The van der Waals surface area contributed by atoms with E-state index >= 15 is 0 Å². The molecule has 7 heteroatoms. The van der Waals surface area contributed by atoms with Gasteiger partial charge in [-0.1, -0.05) is 50.2 Å². The lowest BCUT2D eigenvalue weighted by molar-refractivity contribution is -0.132. The van der Waals surface area contributed by atoms with Crippen LogP contribution in [0.5, 0.6) is 5.75 Å². The van der Waals surface area contributed by atoms with Crippen LogP contribution in [0.15, 0.2) is 84.6 Å². The number of benzene rings is 3. The molecule has 4 aromatic rings. The van der Waals surface area contributed by atoms with Gasteiger partial charge >= 0.3 is 0 Å². The largest absolute Gasteiger partial charge is 0.507 e. The van der Waals surface area contributed by atoms with Crippen LogP contribution in [-0.4, -0.2) is 28.4 Å². The summed E-state index contributed by atoms with van der Waals surface area (Å²) in [5, 5.41) is 12.2. The number of aliphatic hydroxyl groups excluding tert-OH is 1. The standard InChI is InChI=1S/C29H25FN2O4/c1-17(2)16-36-21-10-5-7-18(13-21)27(33)25-26(23-15-31-24-12-4-3-11-22(23)24)32(29(35)28(25)34)20-9-6-8-19(30)14-20/h3-15,17,26,31,33H,16H2,1-2H3/b27-25+. The van der Waals surface area contributed by atoms with Gasteiger partial charge in [0.2, 0.25) is 0 Å². The Kier molecular flexibility index (Phi) is 6.06. The summed E-state index contributed by atoms with van der Waals surface area (Å²) in [7, 11) is 0. The lowest BCUT2D eigenvalue weighted by Crippen LogP contribution is -2.29. The van der Waals surface area contributed by atoms with Crippen molar-refractivity contribution in [2.24, 2.45) is 5.92 Å². The molecular weight excluding hydrogens is 459 g/mol. The summed E-state index contributed by atoms with van der Waals surface area (Å²) in [4.78, 5) is 31.1. The predicted octanol–water partition coefficient (Wildman–Crippen LogP) is 5.97. The number of ether oxygens (including phenoxy) is 1. The normalized spacial score (nSPS) is 17.3. The number of aromatic amines is 1. The molecule has 2 N–H and O–H groups in total. The van der Waals surface area contributed by atoms with Gasteiger partial charge in [-0.15, -0.1) is 0 Å². The number of carbonyl (C=O) groups is 2. The minimum atomic E-state index is -0.969. The van der Waals surface area contributed by atoms with Gasteiger partial charge in [0.25, 0.3) is 11.7 Å². The van der Waals surface area contributed by atoms with Crippen molar-refractivity contribution < 1.29 is 23.8 Å². The summed E-state index contributed by atoms with van der Waals surface area (Å²) in [5.41, 5.74) is 1.91. The third-order valence-electron chi connectivity index (χ3n) is 6.14. The van der Waals surface area contributed by atoms with Gasteiger partial charge in [0.15, 0.2) is 0 Å². The summed E-state index contributed by atoms with van der Waals surface area (Å²) < 4.78 is 19.9. The summed E-state index contributed by atoms with van der Waals surface area (Å²) in [6.07, 6.45) is 1.71. The molecule has 1 saturated heterocycles. The van der Waals surface area contributed by atoms with Gasteiger partial charge in [0.1, 0.15) is 17.3 Å². The number of ketones is 1. The van der Waals surface area contributed by atoms with Crippen molar-refractivity contribution in [3.05, 3.63) is 102 Å². The molecule has 1 aromatic heterocycles. The summed E-state index contributed by atoms with van der Waals surface area (Å²) in [5.74, 6) is -1.71. The highest BCUT2D eigenvalue weighted by molar-refractivity contribution is 6.51. The van der Waals surface area contributed by atoms with Gasteiger partial charge in [0.05, 0.1) is 18.2 Å². The van der Waals surface area contributed by atoms with E-state index in [2.05, 4.69) is 4.98 Å². The second-order valence-electron chi connectivity index (χ2n) is 9.17. The fourth-order valence-electron chi connectivity index (χ4n) is 4.49. The molecule has 1 aliphatic heterocycles. The molecule has 1 fully saturated rings. The van der Waals surface area contributed by atoms with Crippen molar-refractivity contribution in [3.8, 4) is 5.75 Å². The van der Waals surface area contributed by atoms with Crippen LogP contribution in [-0.2, 0) is 9.59 Å². The zero-order chi connectivity index (χ0) is 25.4. The molecule has 0 aliphatic carbocycles. The number of fused-ring (bicyclic) bond motifs is 1. The number of nitrogens with zero attached hydrogens (tertiary/aromatic N) is 1. The number of H-pyrrole nitrogens is 1. The van der Waals surface area contributed by atoms with Crippen molar-refractivity contribution in [2.75, 3.05) is 11.5 Å². The minimum Gasteiger partial charge on any atom is -0.507 e. The van der Waals surface area contributed by atoms with Crippen LogP contribution in [0.2, 0.25) is 0 Å². The smallest absolute Gasteiger partial charge is 0.300 e. The second-order valence-corrected chi connectivity index (χ2v) is 9.17. The van der Waals surface area contributed by atoms with Gasteiger partial charge in [-0.2, -0.15) is 0 Å². The Hall–Kier alpha value is -4.39. The van der Waals surface area contributed by atoms with Crippen LogP contribution in [0.3, 0.4) is 0 Å². The van der Waals surface area contributed by atoms with Crippen molar-refractivity contribution in [3.63, 3.8) is 0 Å². The molecule has 1 atom stereocenters. The third-order valence-corrected chi connectivity index (χ3v) is 6.14. The number of halogens is 1. The number of carbonyl (C=O) groups excluding carboxylic acids is 2. The number of hydrogen-bond donors (Lipinski definition) is 2. The van der Waals surface area contributed by atoms with Crippen LogP contribution in [0.1, 0.15) is 31.0 Å². The molecule has 5 rings (SSSR count). The number of anilines is 1. The lowest BCUT2D eigenvalue weighted by atomic mass is 9.94. The minimum absolute atomic E-state index is 0.0741. The van der Waals surface area contributed by atoms with E-state index in [9.17, 15) is 19.1 Å². The monoisotopic (exact) mass is 484 g/mol. The van der Waals surface area contributed by atoms with Gasteiger partial charge in [-0.3, -0.25) is 14.5 Å². The molecule has 2 heterocycles. The predicted molar refractivity (Wildman–Crippen MR) is 136 cm³/mol. The van der Waals surface area contributed by atoms with E-state index in [0.29, 0.717) is 29.4 Å². The number of aliphatic hydroxyl groups is 1. The average molecular weight is 485 g/mol. The molecule has 1 amide bonds. The molecule has 36 heavy (non-hydrogen) atoms. The molecule has 0 radical (unpaired) electrons. The Bertz CT molecular complexity index is 1500. The summed E-state index contributed by atoms with van der Waals surface area (Å²) in [6, 6.07) is 18.8. The van der Waals surface area contributed by atoms with Crippen molar-refractivity contribution in [2.45, 2.75) is 19.9 Å². The van der Waals surface area contributed by atoms with E-state index < -0.39 is 23.5 Å². The maximum atomic E-state index is 14.2. The Morgan fingerprint density at radius 1 is 1.06 bits per heavy atom. The quantitative estimate of drug-likeness (QED) is 0.201. The summed E-state index contributed by atoms with van der Waals surface area (Å²) in [6.45, 7) is 4.54. The van der Waals surface area contributed by atoms with Crippen molar-refractivity contribution in [1.82, 2.24) is 4.98 Å². The fourth-order valence-corrected chi connectivity index (χ4v) is 4.49. The number of nitrogens with one attached hydrogen (secondary N) is 1. The molecule has 182 valence electrons. The first-order valence-electron chi connectivity index (χ1n) is 11.7. The van der Waals surface area contributed by atoms with Crippen molar-refractivity contribution >= 4 is 34.0 Å². The molecule has 0 bridgehead atoms. The van der Waals surface area contributed by atoms with Gasteiger partial charge < -0.3 is 14.8 Å². The van der Waals surface area contributed by atoms with Crippen LogP contribution >= 0.6 is 0 Å². The molecule has 0 spiro atoms. The Labute approximate surface area is 207 Å². The second kappa shape index (κ2) is 9.34. The third kappa shape index (κ3) is 4.13. The van der Waals surface area contributed by atoms with E-state index in [-0.39, 0.29) is 17.0 Å². The highest BCUT2D eigenvalue weighted by Gasteiger charge is 2.47. The zero-order valence-corrected chi connectivity index (χ0v) is 19.9. The highest BCUT2D eigenvalue weighted by atomic mass is 19.1. The van der Waals surface area contributed by atoms with E-state index in [0.717, 1.165) is 10.9 Å². The highest BCUT2D eigenvalue weighted by Crippen LogP contribution is 2.44. The Morgan fingerprint density at radius 2 is 1.83 bits per heavy atom. The number of para-hydroxylation sites is 1. The Morgan fingerprint density at radius 3 is 2.61 bits per heavy atom. The van der Waals surface area contributed by atoms with Crippen LogP contribution in [0.4, 0.5) is 10.1 Å². The first-order chi connectivity index (χ1) is 17.3. The number of rotatable bonds is 6.